The topological polar surface area (TPSA) is 62.0 Å². The van der Waals surface area contributed by atoms with Gasteiger partial charge in [-0.25, -0.2) is 0 Å². The maximum Gasteiger partial charge on any atom is 0.251 e. The molecule has 1 atom stereocenters. The molecule has 1 heterocycles. The van der Waals surface area contributed by atoms with Crippen molar-refractivity contribution in [1.82, 2.24) is 10.3 Å². The summed E-state index contributed by atoms with van der Waals surface area (Å²) in [6, 6.07) is 12.8. The molecule has 0 saturated heterocycles. The van der Waals surface area contributed by atoms with Crippen molar-refractivity contribution >= 4 is 5.91 Å². The van der Waals surface area contributed by atoms with Crippen molar-refractivity contribution in [3.8, 4) is 11.3 Å². The molecule has 4 heteroatoms. The van der Waals surface area contributed by atoms with Gasteiger partial charge >= 0.3 is 0 Å². The molecule has 120 valence electrons. The Kier molecular flexibility index (Phi) is 4.60. The van der Waals surface area contributed by atoms with E-state index in [9.17, 15) is 9.59 Å². The Morgan fingerprint density at radius 2 is 2.00 bits per heavy atom. The van der Waals surface area contributed by atoms with E-state index in [2.05, 4.69) is 10.3 Å². The van der Waals surface area contributed by atoms with Crippen LogP contribution in [0.25, 0.3) is 11.3 Å². The zero-order valence-corrected chi connectivity index (χ0v) is 13.3. The Hall–Kier alpha value is -2.36. The normalized spacial score (nSPS) is 15.7. The largest absolute Gasteiger partial charge is 0.350 e. The van der Waals surface area contributed by atoms with Crippen LogP contribution in [0.3, 0.4) is 0 Å². The van der Waals surface area contributed by atoms with E-state index in [1.165, 1.54) is 25.3 Å². The second-order valence-electron chi connectivity index (χ2n) is 6.42. The Morgan fingerprint density at radius 3 is 2.65 bits per heavy atom. The number of rotatable bonds is 5. The number of amides is 1. The fraction of sp³-hybridized carbons (Fsp3) is 0.368. The van der Waals surface area contributed by atoms with Gasteiger partial charge in [0.15, 0.2) is 0 Å². The number of hydrogen-bond donors (Lipinski definition) is 2. The number of carbonyl (C=O) groups is 1. The minimum Gasteiger partial charge on any atom is -0.350 e. The van der Waals surface area contributed by atoms with Gasteiger partial charge in [0, 0.05) is 23.4 Å². The summed E-state index contributed by atoms with van der Waals surface area (Å²) in [6.07, 6.45) is 4.85. The fourth-order valence-corrected chi connectivity index (χ4v) is 3.04. The molecule has 1 unspecified atom stereocenters. The van der Waals surface area contributed by atoms with Gasteiger partial charge in [-0.1, -0.05) is 49.6 Å². The number of carbonyl (C=O) groups excluding carboxylic acids is 1. The summed E-state index contributed by atoms with van der Waals surface area (Å²) in [6.45, 7) is 2.03. The molecule has 0 radical (unpaired) electrons. The first-order valence-corrected chi connectivity index (χ1v) is 8.22. The average molecular weight is 310 g/mol. The van der Waals surface area contributed by atoms with Crippen LogP contribution >= 0.6 is 0 Å². The molecule has 3 rings (SSSR count). The summed E-state index contributed by atoms with van der Waals surface area (Å²) >= 11 is 0. The number of aromatic nitrogens is 1. The van der Waals surface area contributed by atoms with Crippen molar-refractivity contribution in [1.29, 1.82) is 0 Å². The Labute approximate surface area is 135 Å². The number of H-pyrrole nitrogens is 1. The lowest BCUT2D eigenvalue weighted by Crippen LogP contribution is -2.35. The van der Waals surface area contributed by atoms with Gasteiger partial charge in [0.1, 0.15) is 0 Å². The molecule has 0 spiro atoms. The zero-order chi connectivity index (χ0) is 16.2. The van der Waals surface area contributed by atoms with Crippen molar-refractivity contribution in [2.45, 2.75) is 38.6 Å². The summed E-state index contributed by atoms with van der Waals surface area (Å²) in [5, 5.41) is 3.01. The van der Waals surface area contributed by atoms with E-state index in [1.54, 1.807) is 6.07 Å². The van der Waals surface area contributed by atoms with Crippen LogP contribution in [0, 0.1) is 5.92 Å². The van der Waals surface area contributed by atoms with E-state index >= 15 is 0 Å². The third kappa shape index (κ3) is 3.89. The van der Waals surface area contributed by atoms with Crippen molar-refractivity contribution in [2.75, 3.05) is 0 Å². The molecular weight excluding hydrogens is 288 g/mol. The second-order valence-corrected chi connectivity index (χ2v) is 6.42. The van der Waals surface area contributed by atoms with Gasteiger partial charge in [0.05, 0.1) is 0 Å². The minimum absolute atomic E-state index is 0.132. The first-order valence-electron chi connectivity index (χ1n) is 8.22. The highest BCUT2D eigenvalue weighted by Gasteiger charge is 2.21. The van der Waals surface area contributed by atoms with Crippen molar-refractivity contribution in [2.24, 2.45) is 5.92 Å². The van der Waals surface area contributed by atoms with Crippen LogP contribution in [0.5, 0.6) is 0 Å². The van der Waals surface area contributed by atoms with Crippen LogP contribution in [-0.4, -0.2) is 16.9 Å². The summed E-state index contributed by atoms with van der Waals surface area (Å²) in [7, 11) is 0. The second kappa shape index (κ2) is 6.82. The first kappa shape index (κ1) is 15.5. The highest BCUT2D eigenvalue weighted by atomic mass is 16.2. The van der Waals surface area contributed by atoms with Gasteiger partial charge in [-0.05, 0) is 30.9 Å². The highest BCUT2D eigenvalue weighted by molar-refractivity contribution is 5.95. The molecule has 1 amide bonds. The number of benzene rings is 1. The fourth-order valence-electron chi connectivity index (χ4n) is 3.04. The van der Waals surface area contributed by atoms with Crippen LogP contribution < -0.4 is 10.9 Å². The molecule has 2 N–H and O–H groups in total. The van der Waals surface area contributed by atoms with Gasteiger partial charge in [-0.3, -0.25) is 9.59 Å². The lowest BCUT2D eigenvalue weighted by molar-refractivity contribution is 0.0930. The summed E-state index contributed by atoms with van der Waals surface area (Å²) < 4.78 is 0. The Bertz CT molecular complexity index is 733. The van der Waals surface area contributed by atoms with Gasteiger partial charge in [0.25, 0.3) is 5.91 Å². The van der Waals surface area contributed by atoms with E-state index < -0.39 is 0 Å². The van der Waals surface area contributed by atoms with Crippen LogP contribution in [-0.2, 0) is 0 Å². The van der Waals surface area contributed by atoms with Gasteiger partial charge < -0.3 is 10.3 Å². The Balaban J connectivity index is 1.75. The third-order valence-electron chi connectivity index (χ3n) is 4.48. The van der Waals surface area contributed by atoms with Gasteiger partial charge in [-0.15, -0.1) is 0 Å². The number of aromatic amines is 1. The molecule has 1 saturated carbocycles. The highest BCUT2D eigenvalue weighted by Crippen LogP contribution is 2.30. The molecule has 2 aromatic rings. The van der Waals surface area contributed by atoms with E-state index in [1.807, 2.05) is 37.3 Å². The molecule has 1 aliphatic rings. The maximum atomic E-state index is 12.4. The summed E-state index contributed by atoms with van der Waals surface area (Å²) in [5.41, 5.74) is 1.70. The van der Waals surface area contributed by atoms with E-state index in [-0.39, 0.29) is 17.5 Å². The Morgan fingerprint density at radius 1 is 1.26 bits per heavy atom. The lowest BCUT2D eigenvalue weighted by Gasteiger charge is -2.28. The van der Waals surface area contributed by atoms with Crippen LogP contribution in [0.4, 0.5) is 0 Å². The van der Waals surface area contributed by atoms with Crippen molar-refractivity contribution in [3.05, 3.63) is 58.4 Å². The lowest BCUT2D eigenvalue weighted by atomic mass is 9.81. The quantitative estimate of drug-likeness (QED) is 0.889. The predicted molar refractivity (Wildman–Crippen MR) is 91.4 cm³/mol. The molecule has 23 heavy (non-hydrogen) atoms. The molecule has 4 nitrogen and oxygen atoms in total. The summed E-state index contributed by atoms with van der Waals surface area (Å²) in [5.74, 6) is 0.560. The van der Waals surface area contributed by atoms with E-state index in [0.29, 0.717) is 11.3 Å². The van der Waals surface area contributed by atoms with Crippen molar-refractivity contribution in [3.63, 3.8) is 0 Å². The number of hydrogen-bond acceptors (Lipinski definition) is 2. The monoisotopic (exact) mass is 310 g/mol. The van der Waals surface area contributed by atoms with E-state index in [0.717, 1.165) is 17.9 Å². The smallest absolute Gasteiger partial charge is 0.251 e. The van der Waals surface area contributed by atoms with Gasteiger partial charge in [0.2, 0.25) is 5.56 Å². The molecule has 1 aliphatic carbocycles. The molecule has 1 fully saturated rings. The molecule has 1 aromatic heterocycles. The standard InChI is InChI=1S/C19H22N2O2/c1-13(10-14-6-5-7-14)20-19(23)16-11-17(21-18(22)12-16)15-8-3-2-4-9-15/h2-4,8-9,11-14H,5-7,10H2,1H3,(H,20,23)(H,21,22). The first-order chi connectivity index (χ1) is 11.1. The summed E-state index contributed by atoms with van der Waals surface area (Å²) in [4.78, 5) is 27.1. The number of nitrogens with one attached hydrogen (secondary N) is 2. The van der Waals surface area contributed by atoms with E-state index in [4.69, 9.17) is 0 Å². The maximum absolute atomic E-state index is 12.4. The molecule has 0 aliphatic heterocycles. The molecule has 1 aromatic carbocycles. The van der Waals surface area contributed by atoms with Crippen LogP contribution in [0.1, 0.15) is 43.0 Å². The van der Waals surface area contributed by atoms with Gasteiger partial charge in [-0.2, -0.15) is 0 Å². The van der Waals surface area contributed by atoms with Crippen LogP contribution in [0.15, 0.2) is 47.3 Å². The zero-order valence-electron chi connectivity index (χ0n) is 13.3. The minimum atomic E-state index is -0.261. The SMILES string of the molecule is CC(CC1CCC1)NC(=O)c1cc(-c2ccccc2)[nH]c(=O)c1. The third-order valence-corrected chi connectivity index (χ3v) is 4.48. The molecular formula is C19H22N2O2. The van der Waals surface area contributed by atoms with Crippen molar-refractivity contribution < 1.29 is 4.79 Å². The van der Waals surface area contributed by atoms with Crippen LogP contribution in [0.2, 0.25) is 0 Å². The predicted octanol–water partition coefficient (Wildman–Crippen LogP) is 3.35. The number of pyridine rings is 1. The average Bonchev–Trinajstić information content (AvgIpc) is 2.51. The molecule has 0 bridgehead atoms.